The molecule has 0 saturated carbocycles. The van der Waals surface area contributed by atoms with E-state index < -0.39 is 6.04 Å². The molecule has 0 aromatic carbocycles. The second-order valence-corrected chi connectivity index (χ2v) is 3.70. The molecule has 2 heterocycles. The van der Waals surface area contributed by atoms with E-state index in [2.05, 4.69) is 25.4 Å². The van der Waals surface area contributed by atoms with Crippen LogP contribution in [0.5, 0.6) is 0 Å². The predicted octanol–water partition coefficient (Wildman–Crippen LogP) is -0.215. The molecule has 4 N–H and O–H groups in total. The highest BCUT2D eigenvalue weighted by atomic mass is 16.5. The van der Waals surface area contributed by atoms with Crippen molar-refractivity contribution in [2.75, 3.05) is 6.54 Å². The van der Waals surface area contributed by atoms with Gasteiger partial charge >= 0.3 is 0 Å². The fourth-order valence-corrected chi connectivity index (χ4v) is 1.44. The first-order valence-electron chi connectivity index (χ1n) is 5.55. The third-order valence-corrected chi connectivity index (χ3v) is 2.29. The van der Waals surface area contributed by atoms with Gasteiger partial charge in [-0.2, -0.15) is 4.98 Å². The number of aromatic amines is 1. The van der Waals surface area contributed by atoms with Gasteiger partial charge in [0, 0.05) is 24.9 Å². The van der Waals surface area contributed by atoms with Crippen LogP contribution in [0, 0.1) is 0 Å². The lowest BCUT2D eigenvalue weighted by Gasteiger charge is -2.03. The van der Waals surface area contributed by atoms with Gasteiger partial charge in [0.25, 0.3) is 11.7 Å². The van der Waals surface area contributed by atoms with Crippen LogP contribution in [0.25, 0.3) is 0 Å². The fourth-order valence-electron chi connectivity index (χ4n) is 1.44. The molecule has 1 atom stereocenters. The second kappa shape index (κ2) is 5.41. The average molecular weight is 250 g/mol. The van der Waals surface area contributed by atoms with Crippen molar-refractivity contribution in [2.45, 2.75) is 19.4 Å². The number of hydrogen-bond acceptors (Lipinski definition) is 6. The number of nitrogens with zero attached hydrogens (tertiary/aromatic N) is 3. The lowest BCUT2D eigenvalue weighted by atomic mass is 10.2. The number of rotatable bonds is 5. The largest absolute Gasteiger partial charge is 0.349 e. The van der Waals surface area contributed by atoms with Crippen LogP contribution >= 0.6 is 0 Å². The summed E-state index contributed by atoms with van der Waals surface area (Å²) < 4.78 is 4.96. The standard InChI is InChI=1S/C10H14N6O2/c1-2-13-9(17)8-15-10(18-16-8)7(11)3-6-4-12-5-14-6/h4-5,7H,2-3,11H2,1H3,(H,12,14)(H,13,17)/t7-/m1/s1. The van der Waals surface area contributed by atoms with Crippen molar-refractivity contribution in [2.24, 2.45) is 5.73 Å². The Hall–Kier alpha value is -2.22. The molecule has 0 unspecified atom stereocenters. The summed E-state index contributed by atoms with van der Waals surface area (Å²) in [5.74, 6) is -0.154. The topological polar surface area (TPSA) is 123 Å². The van der Waals surface area contributed by atoms with Gasteiger partial charge in [-0.05, 0) is 6.92 Å². The third kappa shape index (κ3) is 2.72. The molecule has 18 heavy (non-hydrogen) atoms. The van der Waals surface area contributed by atoms with Crippen LogP contribution in [-0.4, -0.2) is 32.6 Å². The predicted molar refractivity (Wildman–Crippen MR) is 61.5 cm³/mol. The SMILES string of the molecule is CCNC(=O)c1noc([C@H](N)Cc2cnc[nH]2)n1. The van der Waals surface area contributed by atoms with Crippen LogP contribution in [0.1, 0.15) is 35.2 Å². The van der Waals surface area contributed by atoms with E-state index in [-0.39, 0.29) is 17.6 Å². The molecule has 96 valence electrons. The van der Waals surface area contributed by atoms with Crippen LogP contribution in [0.4, 0.5) is 0 Å². The number of H-pyrrole nitrogens is 1. The number of amides is 1. The maximum atomic E-state index is 11.4. The Morgan fingerprint density at radius 3 is 3.17 bits per heavy atom. The molecule has 0 bridgehead atoms. The number of imidazole rings is 1. The number of hydrogen-bond donors (Lipinski definition) is 3. The van der Waals surface area contributed by atoms with E-state index in [0.29, 0.717) is 13.0 Å². The molecule has 8 heteroatoms. The van der Waals surface area contributed by atoms with Gasteiger partial charge < -0.3 is 20.6 Å². The van der Waals surface area contributed by atoms with Crippen molar-refractivity contribution in [3.05, 3.63) is 29.9 Å². The minimum atomic E-state index is -0.471. The molecule has 8 nitrogen and oxygen atoms in total. The van der Waals surface area contributed by atoms with E-state index in [1.165, 1.54) is 0 Å². The smallest absolute Gasteiger partial charge is 0.292 e. The third-order valence-electron chi connectivity index (χ3n) is 2.29. The summed E-state index contributed by atoms with van der Waals surface area (Å²) in [6.45, 7) is 2.31. The zero-order valence-electron chi connectivity index (χ0n) is 9.88. The summed E-state index contributed by atoms with van der Waals surface area (Å²) in [5, 5.41) is 6.16. The van der Waals surface area contributed by atoms with Gasteiger partial charge in [0.1, 0.15) is 0 Å². The zero-order chi connectivity index (χ0) is 13.0. The summed E-state index contributed by atoms with van der Waals surface area (Å²) in [4.78, 5) is 22.2. The monoisotopic (exact) mass is 250 g/mol. The molecule has 0 aliphatic rings. The maximum absolute atomic E-state index is 11.4. The van der Waals surface area contributed by atoms with Gasteiger partial charge in [0.05, 0.1) is 12.4 Å². The molecule has 0 spiro atoms. The summed E-state index contributed by atoms with van der Waals surface area (Å²) in [5.41, 5.74) is 6.76. The van der Waals surface area contributed by atoms with Crippen molar-refractivity contribution in [1.82, 2.24) is 25.4 Å². The van der Waals surface area contributed by atoms with Crippen molar-refractivity contribution in [3.63, 3.8) is 0 Å². The van der Waals surface area contributed by atoms with E-state index >= 15 is 0 Å². The molecular formula is C10H14N6O2. The first-order valence-corrected chi connectivity index (χ1v) is 5.55. The van der Waals surface area contributed by atoms with Gasteiger partial charge in [-0.3, -0.25) is 4.79 Å². The minimum absolute atomic E-state index is 0.00749. The van der Waals surface area contributed by atoms with E-state index in [9.17, 15) is 4.79 Å². The quantitative estimate of drug-likeness (QED) is 0.674. The van der Waals surface area contributed by atoms with Gasteiger partial charge in [0.2, 0.25) is 5.89 Å². The Morgan fingerprint density at radius 2 is 2.50 bits per heavy atom. The molecule has 0 aliphatic heterocycles. The summed E-state index contributed by atoms with van der Waals surface area (Å²) in [6, 6.07) is -0.471. The normalized spacial score (nSPS) is 12.3. The Kier molecular flexibility index (Phi) is 3.68. The number of aromatic nitrogens is 4. The van der Waals surface area contributed by atoms with Crippen LogP contribution < -0.4 is 11.1 Å². The molecule has 1 amide bonds. The molecule has 0 saturated heterocycles. The highest BCUT2D eigenvalue weighted by Crippen LogP contribution is 2.12. The number of carbonyl (C=O) groups excluding carboxylic acids is 1. The highest BCUT2D eigenvalue weighted by molar-refractivity contribution is 5.90. The molecule has 2 aromatic rings. The lowest BCUT2D eigenvalue weighted by Crippen LogP contribution is -2.24. The van der Waals surface area contributed by atoms with Crippen molar-refractivity contribution in [3.8, 4) is 0 Å². The van der Waals surface area contributed by atoms with Crippen LogP contribution in [0.2, 0.25) is 0 Å². The van der Waals surface area contributed by atoms with Gasteiger partial charge in [-0.25, -0.2) is 4.98 Å². The van der Waals surface area contributed by atoms with Gasteiger partial charge in [0.15, 0.2) is 0 Å². The Morgan fingerprint density at radius 1 is 1.67 bits per heavy atom. The van der Waals surface area contributed by atoms with Crippen molar-refractivity contribution in [1.29, 1.82) is 0 Å². The highest BCUT2D eigenvalue weighted by Gasteiger charge is 2.19. The molecule has 0 radical (unpaired) electrons. The minimum Gasteiger partial charge on any atom is -0.349 e. The maximum Gasteiger partial charge on any atom is 0.292 e. The fraction of sp³-hybridized carbons (Fsp3) is 0.400. The molecule has 0 aliphatic carbocycles. The van der Waals surface area contributed by atoms with Gasteiger partial charge in [-0.15, -0.1) is 0 Å². The van der Waals surface area contributed by atoms with E-state index in [4.69, 9.17) is 10.3 Å². The van der Waals surface area contributed by atoms with Crippen molar-refractivity contribution >= 4 is 5.91 Å². The molecular weight excluding hydrogens is 236 g/mol. The van der Waals surface area contributed by atoms with Crippen LogP contribution in [0.3, 0.4) is 0 Å². The number of nitrogens with one attached hydrogen (secondary N) is 2. The summed E-state index contributed by atoms with van der Waals surface area (Å²) in [6.07, 6.45) is 3.72. The van der Waals surface area contributed by atoms with Crippen LogP contribution in [0.15, 0.2) is 17.0 Å². The summed E-state index contributed by atoms with van der Waals surface area (Å²) >= 11 is 0. The Labute approximate surface area is 103 Å². The molecule has 0 fully saturated rings. The van der Waals surface area contributed by atoms with Crippen molar-refractivity contribution < 1.29 is 9.32 Å². The Bertz CT molecular complexity index is 506. The first kappa shape index (κ1) is 12.2. The van der Waals surface area contributed by atoms with E-state index in [1.54, 1.807) is 12.5 Å². The van der Waals surface area contributed by atoms with E-state index in [1.807, 2.05) is 6.92 Å². The van der Waals surface area contributed by atoms with Crippen LogP contribution in [-0.2, 0) is 6.42 Å². The number of carbonyl (C=O) groups is 1. The molecule has 2 aromatic heterocycles. The first-order chi connectivity index (χ1) is 8.70. The zero-order valence-corrected chi connectivity index (χ0v) is 9.88. The second-order valence-electron chi connectivity index (χ2n) is 3.70. The number of nitrogens with two attached hydrogens (primary N) is 1. The van der Waals surface area contributed by atoms with Gasteiger partial charge in [-0.1, -0.05) is 5.16 Å². The average Bonchev–Trinajstić information content (AvgIpc) is 2.99. The summed E-state index contributed by atoms with van der Waals surface area (Å²) in [7, 11) is 0. The molecule has 2 rings (SSSR count). The lowest BCUT2D eigenvalue weighted by molar-refractivity contribution is 0.0942. The van der Waals surface area contributed by atoms with E-state index in [0.717, 1.165) is 5.69 Å². The Balaban J connectivity index is 2.03.